The maximum Gasteiger partial charge on any atom is 0.246 e. The second-order valence-electron chi connectivity index (χ2n) is 8.55. The first kappa shape index (κ1) is 21.0. The van der Waals surface area contributed by atoms with Gasteiger partial charge in [-0.1, -0.05) is 23.7 Å². The molecule has 0 aromatic heterocycles. The summed E-state index contributed by atoms with van der Waals surface area (Å²) in [5.41, 5.74) is 3.80. The van der Waals surface area contributed by atoms with E-state index in [1.54, 1.807) is 0 Å². The monoisotopic (exact) mass is 426 g/mol. The molecule has 1 heterocycles. The Bertz CT molecular complexity index is 891. The average molecular weight is 427 g/mol. The van der Waals surface area contributed by atoms with Crippen LogP contribution in [0.25, 0.3) is 0 Å². The lowest BCUT2D eigenvalue weighted by Crippen LogP contribution is -2.47. The van der Waals surface area contributed by atoms with Gasteiger partial charge in [0.1, 0.15) is 6.04 Å². The molecule has 1 aliphatic carbocycles. The first-order valence-electron chi connectivity index (χ1n) is 10.9. The van der Waals surface area contributed by atoms with Crippen molar-refractivity contribution in [3.8, 4) is 0 Å². The molecule has 160 valence electrons. The van der Waals surface area contributed by atoms with Gasteiger partial charge in [0.05, 0.1) is 0 Å². The van der Waals surface area contributed by atoms with Gasteiger partial charge in [0.25, 0.3) is 0 Å². The minimum atomic E-state index is -0.367. The molecule has 0 radical (unpaired) electrons. The third kappa shape index (κ3) is 5.27. The van der Waals surface area contributed by atoms with Gasteiger partial charge in [-0.15, -0.1) is 0 Å². The Kier molecular flexibility index (Phi) is 6.49. The predicted octanol–water partition coefficient (Wildman–Crippen LogP) is 4.62. The average Bonchev–Trinajstić information content (AvgIpc) is 3.56. The van der Waals surface area contributed by atoms with Gasteiger partial charge in [0, 0.05) is 54.8 Å². The topological polar surface area (TPSA) is 47.6 Å². The van der Waals surface area contributed by atoms with Crippen LogP contribution in [0.2, 0.25) is 5.02 Å². The molecule has 1 saturated carbocycles. The molecule has 1 saturated heterocycles. The second-order valence-corrected chi connectivity index (χ2v) is 8.96. The Labute approximate surface area is 184 Å². The van der Waals surface area contributed by atoms with E-state index in [9.17, 15) is 4.79 Å². The van der Waals surface area contributed by atoms with Gasteiger partial charge >= 0.3 is 0 Å². The van der Waals surface area contributed by atoms with E-state index in [0.717, 1.165) is 49.0 Å². The molecule has 6 heteroatoms. The summed E-state index contributed by atoms with van der Waals surface area (Å²) in [5, 5.41) is 6.96. The number of halogens is 1. The lowest BCUT2D eigenvalue weighted by molar-refractivity contribution is -0.116. The van der Waals surface area contributed by atoms with E-state index in [4.69, 9.17) is 11.6 Å². The van der Waals surface area contributed by atoms with Crippen molar-refractivity contribution >= 4 is 34.6 Å². The predicted molar refractivity (Wildman–Crippen MR) is 126 cm³/mol. The minimum Gasteiger partial charge on any atom is -0.374 e. The van der Waals surface area contributed by atoms with Gasteiger partial charge in [-0.25, -0.2) is 0 Å². The number of nitrogens with zero attached hydrogens (tertiary/aromatic N) is 2. The van der Waals surface area contributed by atoms with E-state index in [2.05, 4.69) is 38.6 Å². The van der Waals surface area contributed by atoms with Crippen molar-refractivity contribution in [3.63, 3.8) is 0 Å². The van der Waals surface area contributed by atoms with Gasteiger partial charge in [0.2, 0.25) is 5.91 Å². The maximum absolute atomic E-state index is 12.7. The van der Waals surface area contributed by atoms with Crippen LogP contribution in [-0.4, -0.2) is 49.6 Å². The highest BCUT2D eigenvalue weighted by Crippen LogP contribution is 2.30. The molecule has 1 unspecified atom stereocenters. The lowest BCUT2D eigenvalue weighted by atomic mass is 10.1. The highest BCUT2D eigenvalue weighted by atomic mass is 35.5. The number of amides is 1. The van der Waals surface area contributed by atoms with Crippen molar-refractivity contribution < 1.29 is 4.79 Å². The molecule has 2 aromatic rings. The zero-order valence-electron chi connectivity index (χ0n) is 17.8. The second kappa shape index (κ2) is 9.27. The summed E-state index contributed by atoms with van der Waals surface area (Å²) in [6.07, 6.45) is 2.83. The molecule has 1 amide bonds. The van der Waals surface area contributed by atoms with Crippen LogP contribution in [-0.2, 0) is 4.79 Å². The van der Waals surface area contributed by atoms with E-state index < -0.39 is 0 Å². The van der Waals surface area contributed by atoms with Crippen LogP contribution >= 0.6 is 11.6 Å². The molecule has 1 atom stereocenters. The summed E-state index contributed by atoms with van der Waals surface area (Å²) in [6, 6.07) is 13.5. The molecule has 2 aromatic carbocycles. The number of benzene rings is 2. The van der Waals surface area contributed by atoms with Gasteiger partial charge in [0.15, 0.2) is 0 Å². The van der Waals surface area contributed by atoms with Crippen LogP contribution in [0.1, 0.15) is 25.3 Å². The van der Waals surface area contributed by atoms with E-state index in [1.165, 1.54) is 25.1 Å². The number of carbonyl (C=O) groups excluding carboxylic acids is 1. The Morgan fingerprint density at radius 1 is 1.13 bits per heavy atom. The summed E-state index contributed by atoms with van der Waals surface area (Å²) in [5.74, 6) is 0.867. The van der Waals surface area contributed by atoms with Gasteiger partial charge in [-0.2, -0.15) is 0 Å². The number of rotatable bonds is 7. The van der Waals surface area contributed by atoms with E-state index in [-0.39, 0.29) is 11.9 Å². The molecule has 2 fully saturated rings. The van der Waals surface area contributed by atoms with Crippen molar-refractivity contribution in [2.45, 2.75) is 32.7 Å². The van der Waals surface area contributed by atoms with Crippen molar-refractivity contribution in [1.29, 1.82) is 0 Å². The normalized spacial score (nSPS) is 18.2. The summed E-state index contributed by atoms with van der Waals surface area (Å²) < 4.78 is 0. The molecule has 5 nitrogen and oxygen atoms in total. The summed E-state index contributed by atoms with van der Waals surface area (Å²) >= 11 is 6.16. The van der Waals surface area contributed by atoms with Gasteiger partial charge in [-0.05, 0) is 68.5 Å². The van der Waals surface area contributed by atoms with Crippen LogP contribution in [0, 0.1) is 12.8 Å². The fourth-order valence-electron chi connectivity index (χ4n) is 3.95. The maximum atomic E-state index is 12.7. The minimum absolute atomic E-state index is 0.0838. The molecule has 30 heavy (non-hydrogen) atoms. The fourth-order valence-corrected chi connectivity index (χ4v) is 4.12. The van der Waals surface area contributed by atoms with Crippen molar-refractivity contribution in [2.75, 3.05) is 48.3 Å². The molecule has 2 aliphatic rings. The smallest absolute Gasteiger partial charge is 0.246 e. The molecular formula is C24H31ClN4O. The quantitative estimate of drug-likeness (QED) is 0.678. The number of carbonyl (C=O) groups is 1. The Hall–Kier alpha value is -2.24. The van der Waals surface area contributed by atoms with Crippen LogP contribution in [0.3, 0.4) is 0 Å². The van der Waals surface area contributed by atoms with E-state index in [1.807, 2.05) is 38.1 Å². The van der Waals surface area contributed by atoms with Crippen LogP contribution < -0.4 is 15.5 Å². The van der Waals surface area contributed by atoms with Crippen LogP contribution in [0.4, 0.5) is 17.1 Å². The van der Waals surface area contributed by atoms with Crippen molar-refractivity contribution in [2.24, 2.45) is 5.92 Å². The van der Waals surface area contributed by atoms with Gasteiger partial charge in [-0.3, -0.25) is 9.69 Å². The summed E-state index contributed by atoms with van der Waals surface area (Å²) in [6.45, 7) is 9.43. The van der Waals surface area contributed by atoms with Crippen LogP contribution in [0.5, 0.6) is 0 Å². The Morgan fingerprint density at radius 2 is 1.87 bits per heavy atom. The van der Waals surface area contributed by atoms with Crippen molar-refractivity contribution in [3.05, 3.63) is 53.1 Å². The van der Waals surface area contributed by atoms with Gasteiger partial charge < -0.3 is 15.5 Å². The SMILES string of the molecule is Cc1c(Cl)cccc1NC(=O)C(C)Nc1cccc(N2CCN(CC3CC3)CC2)c1. The molecule has 1 aliphatic heterocycles. The first-order chi connectivity index (χ1) is 14.5. The number of anilines is 3. The zero-order valence-corrected chi connectivity index (χ0v) is 18.6. The lowest BCUT2D eigenvalue weighted by Gasteiger charge is -2.36. The molecule has 2 N–H and O–H groups in total. The molecule has 0 spiro atoms. The van der Waals surface area contributed by atoms with Crippen molar-refractivity contribution in [1.82, 2.24) is 4.90 Å². The highest BCUT2D eigenvalue weighted by molar-refractivity contribution is 6.31. The molecule has 4 rings (SSSR count). The zero-order chi connectivity index (χ0) is 21.1. The molecule has 0 bridgehead atoms. The number of hydrogen-bond donors (Lipinski definition) is 2. The fraction of sp³-hybridized carbons (Fsp3) is 0.458. The standard InChI is InChI=1S/C24H31ClN4O/c1-17-22(25)7-4-8-23(17)27-24(30)18(2)26-20-5-3-6-21(15-20)29-13-11-28(12-14-29)16-19-9-10-19/h3-8,15,18-19,26H,9-14,16H2,1-2H3,(H,27,30). The number of piperazine rings is 1. The third-order valence-electron chi connectivity index (χ3n) is 6.10. The largest absolute Gasteiger partial charge is 0.374 e. The Balaban J connectivity index is 1.33. The molecular weight excluding hydrogens is 396 g/mol. The highest BCUT2D eigenvalue weighted by Gasteiger charge is 2.26. The Morgan fingerprint density at radius 3 is 2.60 bits per heavy atom. The van der Waals surface area contributed by atoms with E-state index >= 15 is 0 Å². The number of nitrogens with one attached hydrogen (secondary N) is 2. The summed E-state index contributed by atoms with van der Waals surface area (Å²) in [7, 11) is 0. The third-order valence-corrected chi connectivity index (χ3v) is 6.51. The van der Waals surface area contributed by atoms with E-state index in [0.29, 0.717) is 5.02 Å². The number of hydrogen-bond acceptors (Lipinski definition) is 4. The summed E-state index contributed by atoms with van der Waals surface area (Å²) in [4.78, 5) is 17.7. The first-order valence-corrected chi connectivity index (χ1v) is 11.3. The van der Waals surface area contributed by atoms with Crippen LogP contribution in [0.15, 0.2) is 42.5 Å².